The average molecular weight is 278 g/mol. The molecule has 0 saturated carbocycles. The van der Waals surface area contributed by atoms with E-state index >= 15 is 0 Å². The normalized spacial score (nSPS) is 9.95. The number of hydrogen-bond donors (Lipinski definition) is 0. The molecule has 19 heavy (non-hydrogen) atoms. The van der Waals surface area contributed by atoms with Gasteiger partial charge in [-0.3, -0.25) is 14.9 Å². The van der Waals surface area contributed by atoms with E-state index in [0.29, 0.717) is 17.1 Å². The van der Waals surface area contributed by atoms with Crippen LogP contribution in [0.15, 0.2) is 42.5 Å². The molecule has 2 aromatic rings. The van der Waals surface area contributed by atoms with Gasteiger partial charge in [0, 0.05) is 16.7 Å². The first-order valence-electron chi connectivity index (χ1n) is 5.27. The largest absolute Gasteiger partial charge is 0.450 e. The fraction of sp³-hybridized carbons (Fsp3) is 0. The second-order valence-electron chi connectivity index (χ2n) is 3.66. The van der Waals surface area contributed by atoms with Crippen LogP contribution in [0, 0.1) is 10.1 Å². The van der Waals surface area contributed by atoms with E-state index in [-0.39, 0.29) is 17.0 Å². The van der Waals surface area contributed by atoms with Gasteiger partial charge in [-0.2, -0.15) is 0 Å². The number of carbonyl (C=O) groups excluding carboxylic acids is 1. The minimum Gasteiger partial charge on any atom is -0.450 e. The van der Waals surface area contributed by atoms with Crippen LogP contribution in [0.4, 0.5) is 5.69 Å². The number of nitro groups is 1. The topological polar surface area (TPSA) is 69.4 Å². The minimum atomic E-state index is -0.599. The van der Waals surface area contributed by atoms with Crippen molar-refractivity contribution in [1.29, 1.82) is 0 Å². The standard InChI is InChI=1S/C13H8ClNO4/c14-10-2-4-11(5-3-10)19-13-6-1-9(8-16)7-12(13)15(17)18/h1-8H. The molecule has 2 aromatic carbocycles. The van der Waals surface area contributed by atoms with Crippen LogP contribution in [-0.2, 0) is 0 Å². The lowest BCUT2D eigenvalue weighted by Gasteiger charge is -2.06. The summed E-state index contributed by atoms with van der Waals surface area (Å²) >= 11 is 5.73. The molecule has 0 N–H and O–H groups in total. The number of nitro benzene ring substituents is 1. The van der Waals surface area contributed by atoms with Crippen LogP contribution in [0.3, 0.4) is 0 Å². The summed E-state index contributed by atoms with van der Waals surface area (Å²) in [6, 6.07) is 10.4. The molecule has 0 aliphatic carbocycles. The highest BCUT2D eigenvalue weighted by molar-refractivity contribution is 6.30. The minimum absolute atomic E-state index is 0.0675. The number of benzene rings is 2. The smallest absolute Gasteiger partial charge is 0.312 e. The Bertz CT molecular complexity index is 625. The van der Waals surface area contributed by atoms with Gasteiger partial charge >= 0.3 is 5.69 Å². The highest BCUT2D eigenvalue weighted by atomic mass is 35.5. The van der Waals surface area contributed by atoms with E-state index in [0.717, 1.165) is 6.07 Å². The Labute approximate surface area is 113 Å². The maximum absolute atomic E-state index is 10.9. The summed E-state index contributed by atoms with van der Waals surface area (Å²) < 4.78 is 5.41. The first-order valence-corrected chi connectivity index (χ1v) is 5.65. The van der Waals surface area contributed by atoms with E-state index in [1.165, 1.54) is 12.1 Å². The Hall–Kier alpha value is -2.40. The molecule has 5 nitrogen and oxygen atoms in total. The second-order valence-corrected chi connectivity index (χ2v) is 4.09. The number of rotatable bonds is 4. The van der Waals surface area contributed by atoms with Crippen LogP contribution in [-0.4, -0.2) is 11.2 Å². The van der Waals surface area contributed by atoms with Crippen LogP contribution in [0.1, 0.15) is 10.4 Å². The molecule has 0 aliphatic rings. The van der Waals surface area contributed by atoms with E-state index in [1.54, 1.807) is 24.3 Å². The van der Waals surface area contributed by atoms with E-state index in [2.05, 4.69) is 0 Å². The highest BCUT2D eigenvalue weighted by Gasteiger charge is 2.16. The van der Waals surface area contributed by atoms with Gasteiger partial charge in [-0.05, 0) is 36.4 Å². The lowest BCUT2D eigenvalue weighted by Crippen LogP contribution is -1.95. The third-order valence-corrected chi connectivity index (χ3v) is 2.61. The number of hydrogen-bond acceptors (Lipinski definition) is 4. The van der Waals surface area contributed by atoms with Crippen LogP contribution >= 0.6 is 11.6 Å². The van der Waals surface area contributed by atoms with Gasteiger partial charge < -0.3 is 4.74 Å². The molecule has 0 heterocycles. The lowest BCUT2D eigenvalue weighted by atomic mass is 10.2. The predicted molar refractivity (Wildman–Crippen MR) is 70.0 cm³/mol. The van der Waals surface area contributed by atoms with Crippen LogP contribution in [0.5, 0.6) is 11.5 Å². The molecule has 6 heteroatoms. The van der Waals surface area contributed by atoms with Gasteiger partial charge in [-0.25, -0.2) is 0 Å². The van der Waals surface area contributed by atoms with Crippen LogP contribution < -0.4 is 4.74 Å². The summed E-state index contributed by atoms with van der Waals surface area (Å²) in [7, 11) is 0. The van der Waals surface area contributed by atoms with E-state index < -0.39 is 4.92 Å². The maximum Gasteiger partial charge on any atom is 0.312 e. The van der Waals surface area contributed by atoms with Crippen molar-refractivity contribution >= 4 is 23.6 Å². The van der Waals surface area contributed by atoms with Crippen molar-refractivity contribution in [2.24, 2.45) is 0 Å². The van der Waals surface area contributed by atoms with Crippen molar-refractivity contribution in [3.8, 4) is 11.5 Å². The molecule has 0 atom stereocenters. The Balaban J connectivity index is 2.36. The first-order chi connectivity index (χ1) is 9.10. The van der Waals surface area contributed by atoms with Gasteiger partial charge in [0.1, 0.15) is 12.0 Å². The van der Waals surface area contributed by atoms with Gasteiger partial charge in [0.25, 0.3) is 0 Å². The number of halogens is 1. The van der Waals surface area contributed by atoms with Gasteiger partial charge in [-0.1, -0.05) is 11.6 Å². The fourth-order valence-corrected chi connectivity index (χ4v) is 1.59. The average Bonchev–Trinajstić information content (AvgIpc) is 2.41. The van der Waals surface area contributed by atoms with Crippen molar-refractivity contribution in [3.05, 3.63) is 63.2 Å². The molecule has 0 radical (unpaired) electrons. The van der Waals surface area contributed by atoms with Gasteiger partial charge in [0.2, 0.25) is 5.75 Å². The number of carbonyl (C=O) groups is 1. The summed E-state index contributed by atoms with van der Waals surface area (Å²) in [6.07, 6.45) is 0.541. The Morgan fingerprint density at radius 3 is 2.42 bits per heavy atom. The molecule has 2 rings (SSSR count). The third-order valence-electron chi connectivity index (χ3n) is 2.36. The molecule has 0 spiro atoms. The van der Waals surface area contributed by atoms with Gasteiger partial charge in [0.15, 0.2) is 0 Å². The van der Waals surface area contributed by atoms with Crippen molar-refractivity contribution in [2.75, 3.05) is 0 Å². The molecule has 0 fully saturated rings. The van der Waals surface area contributed by atoms with E-state index in [9.17, 15) is 14.9 Å². The van der Waals surface area contributed by atoms with E-state index in [1.807, 2.05) is 0 Å². The molecular formula is C13H8ClNO4. The second kappa shape index (κ2) is 5.49. The van der Waals surface area contributed by atoms with E-state index in [4.69, 9.17) is 16.3 Å². The zero-order valence-corrected chi connectivity index (χ0v) is 10.3. The highest BCUT2D eigenvalue weighted by Crippen LogP contribution is 2.32. The maximum atomic E-state index is 10.9. The van der Waals surface area contributed by atoms with Gasteiger partial charge in [-0.15, -0.1) is 0 Å². The molecule has 0 saturated heterocycles. The summed E-state index contributed by atoms with van der Waals surface area (Å²) in [6.45, 7) is 0. The monoisotopic (exact) mass is 277 g/mol. The number of nitrogens with zero attached hydrogens (tertiary/aromatic N) is 1. The third kappa shape index (κ3) is 3.08. The molecule has 0 aliphatic heterocycles. The summed E-state index contributed by atoms with van der Waals surface area (Å²) in [5, 5.41) is 11.5. The molecule has 0 amide bonds. The number of aldehydes is 1. The molecule has 96 valence electrons. The zero-order valence-electron chi connectivity index (χ0n) is 9.58. The Kier molecular flexibility index (Phi) is 3.77. The quantitative estimate of drug-likeness (QED) is 0.483. The van der Waals surface area contributed by atoms with Crippen LogP contribution in [0.25, 0.3) is 0 Å². The Morgan fingerprint density at radius 1 is 1.16 bits per heavy atom. The molecular weight excluding hydrogens is 270 g/mol. The number of ether oxygens (including phenoxy) is 1. The SMILES string of the molecule is O=Cc1ccc(Oc2ccc(Cl)cc2)c([N+](=O)[O-])c1. The van der Waals surface area contributed by atoms with Crippen molar-refractivity contribution < 1.29 is 14.5 Å². The van der Waals surface area contributed by atoms with Gasteiger partial charge in [0.05, 0.1) is 4.92 Å². The summed E-state index contributed by atoms with van der Waals surface area (Å²) in [5.74, 6) is 0.490. The lowest BCUT2D eigenvalue weighted by molar-refractivity contribution is -0.385. The van der Waals surface area contributed by atoms with Crippen LogP contribution in [0.2, 0.25) is 5.02 Å². The predicted octanol–water partition coefficient (Wildman–Crippen LogP) is 3.85. The Morgan fingerprint density at radius 2 is 1.84 bits per heavy atom. The molecule has 0 aromatic heterocycles. The zero-order chi connectivity index (χ0) is 13.8. The van der Waals surface area contributed by atoms with Crippen molar-refractivity contribution in [1.82, 2.24) is 0 Å². The fourth-order valence-electron chi connectivity index (χ4n) is 1.47. The first kappa shape index (κ1) is 13.0. The summed E-state index contributed by atoms with van der Waals surface area (Å²) in [5.41, 5.74) is -0.0466. The molecule has 0 unspecified atom stereocenters. The van der Waals surface area contributed by atoms with Crippen molar-refractivity contribution in [3.63, 3.8) is 0 Å². The molecule has 0 bridgehead atoms. The van der Waals surface area contributed by atoms with Crippen molar-refractivity contribution in [2.45, 2.75) is 0 Å². The summed E-state index contributed by atoms with van der Waals surface area (Å²) in [4.78, 5) is 20.9.